The Morgan fingerprint density at radius 3 is 3.00 bits per heavy atom. The van der Waals surface area contributed by atoms with Crippen molar-refractivity contribution in [1.29, 1.82) is 0 Å². The van der Waals surface area contributed by atoms with Crippen molar-refractivity contribution in [1.82, 2.24) is 20.3 Å². The molecule has 0 spiro atoms. The predicted molar refractivity (Wildman–Crippen MR) is 65.8 cm³/mol. The molecule has 3 rings (SSSR count). The molecule has 7 nitrogen and oxygen atoms in total. The number of piperidine rings is 1. The van der Waals surface area contributed by atoms with Gasteiger partial charge in [-0.3, -0.25) is 4.79 Å². The Bertz CT molecular complexity index is 654. The van der Waals surface area contributed by atoms with E-state index >= 15 is 0 Å². The molecule has 1 atom stereocenters. The number of hydrogen-bond acceptors (Lipinski definition) is 4. The molecule has 1 aliphatic heterocycles. The lowest BCUT2D eigenvalue weighted by Crippen LogP contribution is -2.36. The summed E-state index contributed by atoms with van der Waals surface area (Å²) in [6.45, 7) is 0.450. The highest BCUT2D eigenvalue weighted by Gasteiger charge is 2.24. The van der Waals surface area contributed by atoms with Crippen molar-refractivity contribution < 1.29 is 14.7 Å². The van der Waals surface area contributed by atoms with E-state index in [1.165, 1.54) is 6.07 Å². The molecule has 0 saturated carbocycles. The number of nitrogens with zero attached hydrogens (tertiary/aromatic N) is 3. The third-order valence-corrected chi connectivity index (χ3v) is 3.31. The molecule has 1 unspecified atom stereocenters. The van der Waals surface area contributed by atoms with Crippen molar-refractivity contribution in [3.05, 3.63) is 23.8 Å². The lowest BCUT2D eigenvalue weighted by atomic mass is 10.1. The molecule has 1 aromatic heterocycles. The van der Waals surface area contributed by atoms with Gasteiger partial charge in [-0.25, -0.2) is 9.48 Å². The van der Waals surface area contributed by atoms with E-state index in [4.69, 9.17) is 0 Å². The molecule has 1 aliphatic rings. The lowest BCUT2D eigenvalue weighted by Gasteiger charge is -2.23. The minimum absolute atomic E-state index is 0.0131. The maximum absolute atomic E-state index is 11.3. The molecule has 1 aromatic carbocycles. The Hall–Kier alpha value is -2.44. The van der Waals surface area contributed by atoms with Crippen molar-refractivity contribution >= 4 is 22.9 Å². The maximum Gasteiger partial charge on any atom is 0.337 e. The van der Waals surface area contributed by atoms with Crippen molar-refractivity contribution in [2.75, 3.05) is 6.54 Å². The number of carbonyl (C=O) groups excluding carboxylic acids is 1. The molecule has 0 radical (unpaired) electrons. The fraction of sp³-hybridized carbons (Fsp3) is 0.333. The van der Waals surface area contributed by atoms with E-state index in [-0.39, 0.29) is 17.5 Å². The minimum atomic E-state index is -1.01. The molecule has 0 aliphatic carbocycles. The predicted octanol–water partition coefficient (Wildman–Crippen LogP) is 0.581. The van der Waals surface area contributed by atoms with Crippen LogP contribution in [0.5, 0.6) is 0 Å². The summed E-state index contributed by atoms with van der Waals surface area (Å²) >= 11 is 0. The van der Waals surface area contributed by atoms with E-state index in [1.54, 1.807) is 16.8 Å². The number of fused-ring (bicyclic) bond motifs is 1. The molecule has 2 aromatic rings. The number of aromatic carboxylic acids is 1. The van der Waals surface area contributed by atoms with Crippen LogP contribution in [0.2, 0.25) is 0 Å². The van der Waals surface area contributed by atoms with Crippen molar-refractivity contribution in [2.45, 2.75) is 18.9 Å². The Kier molecular flexibility index (Phi) is 2.66. The standard InChI is InChI=1S/C12H12N4O3/c17-10-5-4-7(6-13-10)16-11-8(12(18)19)2-1-3-9(11)14-15-16/h1-3,7H,4-6H2,(H,13,17)(H,18,19). The molecule has 0 bridgehead atoms. The van der Waals surface area contributed by atoms with Gasteiger partial charge >= 0.3 is 5.97 Å². The zero-order valence-electron chi connectivity index (χ0n) is 10.0. The van der Waals surface area contributed by atoms with E-state index < -0.39 is 5.97 Å². The smallest absolute Gasteiger partial charge is 0.337 e. The summed E-state index contributed by atoms with van der Waals surface area (Å²) in [5, 5.41) is 20.0. The average molecular weight is 260 g/mol. The zero-order chi connectivity index (χ0) is 13.4. The first kappa shape index (κ1) is 11.6. The fourth-order valence-electron chi connectivity index (χ4n) is 2.35. The highest BCUT2D eigenvalue weighted by atomic mass is 16.4. The summed E-state index contributed by atoms with van der Waals surface area (Å²) in [5.41, 5.74) is 1.24. The van der Waals surface area contributed by atoms with Crippen LogP contribution in [-0.4, -0.2) is 38.5 Å². The SMILES string of the molecule is O=C1CCC(n2nnc3cccc(C(=O)O)c32)CN1. The van der Waals surface area contributed by atoms with Gasteiger partial charge < -0.3 is 10.4 Å². The summed E-state index contributed by atoms with van der Waals surface area (Å²) in [4.78, 5) is 22.4. The van der Waals surface area contributed by atoms with E-state index in [1.807, 2.05) is 0 Å². The number of carbonyl (C=O) groups is 2. The van der Waals surface area contributed by atoms with Gasteiger partial charge in [0.15, 0.2) is 0 Å². The minimum Gasteiger partial charge on any atom is -0.478 e. The quantitative estimate of drug-likeness (QED) is 0.823. The molecule has 1 fully saturated rings. The second-order valence-corrected chi connectivity index (χ2v) is 4.51. The molecular formula is C12H12N4O3. The van der Waals surface area contributed by atoms with Crippen LogP contribution >= 0.6 is 0 Å². The number of carboxylic acids is 1. The summed E-state index contributed by atoms with van der Waals surface area (Å²) < 4.78 is 1.61. The number of hydrogen-bond donors (Lipinski definition) is 2. The molecule has 2 heterocycles. The van der Waals surface area contributed by atoms with Crippen LogP contribution in [0.3, 0.4) is 0 Å². The second-order valence-electron chi connectivity index (χ2n) is 4.51. The maximum atomic E-state index is 11.3. The normalized spacial score (nSPS) is 19.4. The van der Waals surface area contributed by atoms with Gasteiger partial charge in [0, 0.05) is 13.0 Å². The number of carboxylic acid groups (broad SMARTS) is 1. The van der Waals surface area contributed by atoms with Crippen LogP contribution in [-0.2, 0) is 4.79 Å². The van der Waals surface area contributed by atoms with E-state index in [0.717, 1.165) is 0 Å². The Labute approximate surface area is 108 Å². The lowest BCUT2D eigenvalue weighted by molar-refractivity contribution is -0.122. The topological polar surface area (TPSA) is 97.1 Å². The van der Waals surface area contributed by atoms with E-state index in [0.29, 0.717) is 30.4 Å². The summed E-state index contributed by atoms with van der Waals surface area (Å²) in [5.74, 6) is -0.992. The van der Waals surface area contributed by atoms with Gasteiger partial charge in [0.05, 0.1) is 11.6 Å². The number of amides is 1. The monoisotopic (exact) mass is 260 g/mol. The molecule has 98 valence electrons. The number of rotatable bonds is 2. The van der Waals surface area contributed by atoms with Crippen LogP contribution < -0.4 is 5.32 Å². The summed E-state index contributed by atoms with van der Waals surface area (Å²) in [6, 6.07) is 4.86. The summed E-state index contributed by atoms with van der Waals surface area (Å²) in [7, 11) is 0. The number of benzene rings is 1. The third kappa shape index (κ3) is 1.92. The van der Waals surface area contributed by atoms with Gasteiger partial charge in [-0.05, 0) is 18.6 Å². The van der Waals surface area contributed by atoms with Crippen LogP contribution in [0, 0.1) is 0 Å². The van der Waals surface area contributed by atoms with Gasteiger partial charge in [-0.15, -0.1) is 5.10 Å². The summed E-state index contributed by atoms with van der Waals surface area (Å²) in [6.07, 6.45) is 1.06. The zero-order valence-corrected chi connectivity index (χ0v) is 10.0. The largest absolute Gasteiger partial charge is 0.478 e. The number of nitrogens with one attached hydrogen (secondary N) is 1. The van der Waals surface area contributed by atoms with E-state index in [9.17, 15) is 14.7 Å². The van der Waals surface area contributed by atoms with Crippen molar-refractivity contribution in [2.24, 2.45) is 0 Å². The fourth-order valence-corrected chi connectivity index (χ4v) is 2.35. The molecule has 19 heavy (non-hydrogen) atoms. The highest BCUT2D eigenvalue weighted by Crippen LogP contribution is 2.24. The number of aromatic nitrogens is 3. The van der Waals surface area contributed by atoms with Gasteiger partial charge in [-0.2, -0.15) is 0 Å². The Balaban J connectivity index is 2.09. The van der Waals surface area contributed by atoms with Crippen LogP contribution in [0.25, 0.3) is 11.0 Å². The molecule has 1 saturated heterocycles. The van der Waals surface area contributed by atoms with Gasteiger partial charge in [0.2, 0.25) is 5.91 Å². The van der Waals surface area contributed by atoms with Crippen LogP contribution in [0.4, 0.5) is 0 Å². The van der Waals surface area contributed by atoms with E-state index in [2.05, 4.69) is 15.6 Å². The van der Waals surface area contributed by atoms with Gasteiger partial charge in [0.1, 0.15) is 11.0 Å². The molecule has 7 heteroatoms. The average Bonchev–Trinajstić information content (AvgIpc) is 2.83. The first-order valence-electron chi connectivity index (χ1n) is 6.00. The number of para-hydroxylation sites is 1. The van der Waals surface area contributed by atoms with Crippen molar-refractivity contribution in [3.63, 3.8) is 0 Å². The van der Waals surface area contributed by atoms with Gasteiger partial charge in [-0.1, -0.05) is 11.3 Å². The third-order valence-electron chi connectivity index (χ3n) is 3.31. The second kappa shape index (κ2) is 4.34. The Morgan fingerprint density at radius 1 is 1.47 bits per heavy atom. The molecule has 1 amide bonds. The Morgan fingerprint density at radius 2 is 2.32 bits per heavy atom. The van der Waals surface area contributed by atoms with Gasteiger partial charge in [0.25, 0.3) is 0 Å². The molecular weight excluding hydrogens is 248 g/mol. The van der Waals surface area contributed by atoms with Crippen molar-refractivity contribution in [3.8, 4) is 0 Å². The highest BCUT2D eigenvalue weighted by molar-refractivity contribution is 6.00. The van der Waals surface area contributed by atoms with Crippen LogP contribution in [0.1, 0.15) is 29.2 Å². The van der Waals surface area contributed by atoms with Crippen LogP contribution in [0.15, 0.2) is 18.2 Å². The molecule has 2 N–H and O–H groups in total. The first-order valence-corrected chi connectivity index (χ1v) is 6.00. The first-order chi connectivity index (χ1) is 9.16.